The number of halogens is 4. The highest BCUT2D eigenvalue weighted by atomic mass is 79.9. The first-order chi connectivity index (χ1) is 9.13. The van der Waals surface area contributed by atoms with Crippen LogP contribution in [0, 0.1) is 11.7 Å². The molecule has 1 saturated heterocycles. The van der Waals surface area contributed by atoms with E-state index in [-0.39, 0.29) is 30.6 Å². The lowest BCUT2D eigenvalue weighted by molar-refractivity contribution is 0.128. The second-order valence-corrected chi connectivity index (χ2v) is 6.14. The monoisotopic (exact) mass is 400 g/mol. The Morgan fingerprint density at radius 1 is 1.29 bits per heavy atom. The van der Waals surface area contributed by atoms with Gasteiger partial charge in [0.25, 0.3) is 0 Å². The van der Waals surface area contributed by atoms with Crippen LogP contribution in [0.2, 0.25) is 0 Å². The molecule has 2 nitrogen and oxygen atoms in total. The van der Waals surface area contributed by atoms with Crippen molar-refractivity contribution in [1.82, 2.24) is 10.2 Å². The topological polar surface area (TPSA) is 15.3 Å². The Bertz CT molecular complexity index is 428. The van der Waals surface area contributed by atoms with E-state index in [1.807, 2.05) is 12.1 Å². The highest BCUT2D eigenvalue weighted by Gasteiger charge is 2.26. The Morgan fingerprint density at radius 3 is 2.43 bits per heavy atom. The lowest BCUT2D eigenvalue weighted by atomic mass is 9.90. The van der Waals surface area contributed by atoms with E-state index in [1.54, 1.807) is 6.07 Å². The van der Waals surface area contributed by atoms with Crippen molar-refractivity contribution >= 4 is 40.7 Å². The van der Waals surface area contributed by atoms with Crippen molar-refractivity contribution in [1.29, 1.82) is 0 Å². The molecule has 21 heavy (non-hydrogen) atoms. The number of nitrogens with one attached hydrogen (secondary N) is 1. The van der Waals surface area contributed by atoms with Crippen molar-refractivity contribution in [2.45, 2.75) is 26.3 Å². The normalized spacial score (nSPS) is 18.3. The second-order valence-electron chi connectivity index (χ2n) is 5.29. The van der Waals surface area contributed by atoms with Crippen LogP contribution in [-0.4, -0.2) is 31.1 Å². The molecule has 1 N–H and O–H groups in total. The van der Waals surface area contributed by atoms with Gasteiger partial charge >= 0.3 is 0 Å². The molecule has 0 bridgehead atoms. The average molecular weight is 402 g/mol. The molecule has 2 atom stereocenters. The SMILES string of the molecule is CCC(C)[C@H](c1ccc(F)c(Br)c1)N1CCNCC1.Cl.Cl. The summed E-state index contributed by atoms with van der Waals surface area (Å²) in [7, 11) is 0. The molecule has 122 valence electrons. The molecule has 1 unspecified atom stereocenters. The van der Waals surface area contributed by atoms with E-state index in [1.165, 1.54) is 5.56 Å². The van der Waals surface area contributed by atoms with Crippen molar-refractivity contribution in [3.05, 3.63) is 34.1 Å². The van der Waals surface area contributed by atoms with Crippen molar-refractivity contribution in [3.8, 4) is 0 Å². The second kappa shape index (κ2) is 10.0. The highest BCUT2D eigenvalue weighted by molar-refractivity contribution is 9.10. The predicted molar refractivity (Wildman–Crippen MR) is 95.2 cm³/mol. The van der Waals surface area contributed by atoms with E-state index >= 15 is 0 Å². The molecule has 0 aliphatic carbocycles. The minimum Gasteiger partial charge on any atom is -0.314 e. The Labute approximate surface area is 147 Å². The number of rotatable bonds is 4. The van der Waals surface area contributed by atoms with Crippen LogP contribution in [0.5, 0.6) is 0 Å². The van der Waals surface area contributed by atoms with Crippen LogP contribution in [0.4, 0.5) is 4.39 Å². The summed E-state index contributed by atoms with van der Waals surface area (Å²) in [4.78, 5) is 2.52. The Balaban J connectivity index is 0.00000200. The largest absolute Gasteiger partial charge is 0.314 e. The van der Waals surface area contributed by atoms with Gasteiger partial charge in [0.15, 0.2) is 0 Å². The first-order valence-corrected chi connectivity index (χ1v) is 7.82. The van der Waals surface area contributed by atoms with Crippen LogP contribution in [-0.2, 0) is 0 Å². The standard InChI is InChI=1S/C15H22BrFN2.2ClH/c1-3-11(2)15(19-8-6-18-7-9-19)12-4-5-14(17)13(16)10-12;;/h4-5,10-11,15,18H,3,6-9H2,1-2H3;2*1H/t11?,15-;;/m1../s1. The molecule has 1 aromatic carbocycles. The maximum absolute atomic E-state index is 13.4. The highest BCUT2D eigenvalue weighted by Crippen LogP contribution is 2.33. The van der Waals surface area contributed by atoms with Gasteiger partial charge in [-0.1, -0.05) is 26.3 Å². The first kappa shape index (κ1) is 21.1. The molecule has 1 aromatic rings. The fourth-order valence-electron chi connectivity index (χ4n) is 2.78. The van der Waals surface area contributed by atoms with Gasteiger partial charge in [-0.15, -0.1) is 24.8 Å². The molecule has 0 radical (unpaired) electrons. The van der Waals surface area contributed by atoms with E-state index in [9.17, 15) is 4.39 Å². The minimum absolute atomic E-state index is 0. The quantitative estimate of drug-likeness (QED) is 0.802. The van der Waals surface area contributed by atoms with Gasteiger partial charge in [0.05, 0.1) is 4.47 Å². The molecule has 1 aliphatic heterocycles. The van der Waals surface area contributed by atoms with E-state index in [0.29, 0.717) is 16.4 Å². The lowest BCUT2D eigenvalue weighted by Gasteiger charge is -2.38. The van der Waals surface area contributed by atoms with Gasteiger partial charge in [-0.05, 0) is 39.5 Å². The Hall–Kier alpha value is 0.130. The molecule has 0 saturated carbocycles. The molecular weight excluding hydrogens is 378 g/mol. The van der Waals surface area contributed by atoms with Crippen molar-refractivity contribution in [3.63, 3.8) is 0 Å². The van der Waals surface area contributed by atoms with Crippen LogP contribution in [0.15, 0.2) is 22.7 Å². The first-order valence-electron chi connectivity index (χ1n) is 7.03. The summed E-state index contributed by atoms with van der Waals surface area (Å²) < 4.78 is 14.0. The van der Waals surface area contributed by atoms with Crippen LogP contribution in [0.1, 0.15) is 31.9 Å². The zero-order valence-corrected chi connectivity index (χ0v) is 15.7. The van der Waals surface area contributed by atoms with Gasteiger partial charge in [-0.25, -0.2) is 4.39 Å². The molecule has 1 aliphatic rings. The third-order valence-corrected chi connectivity index (χ3v) is 4.62. The summed E-state index contributed by atoms with van der Waals surface area (Å²) in [5.41, 5.74) is 1.21. The molecule has 0 spiro atoms. The third-order valence-electron chi connectivity index (χ3n) is 4.01. The fraction of sp³-hybridized carbons (Fsp3) is 0.600. The molecule has 6 heteroatoms. The number of hydrogen-bond donors (Lipinski definition) is 1. The zero-order valence-electron chi connectivity index (χ0n) is 12.4. The maximum atomic E-state index is 13.4. The predicted octanol–water partition coefficient (Wildman–Crippen LogP) is 4.42. The van der Waals surface area contributed by atoms with E-state index in [4.69, 9.17) is 0 Å². The van der Waals surface area contributed by atoms with E-state index < -0.39 is 0 Å². The summed E-state index contributed by atoms with van der Waals surface area (Å²) in [5, 5.41) is 3.39. The van der Waals surface area contributed by atoms with Gasteiger partial charge in [0.2, 0.25) is 0 Å². The van der Waals surface area contributed by atoms with E-state index in [2.05, 4.69) is 40.0 Å². The summed E-state index contributed by atoms with van der Waals surface area (Å²) in [6.07, 6.45) is 1.13. The van der Waals surface area contributed by atoms with Gasteiger partial charge in [-0.2, -0.15) is 0 Å². The van der Waals surface area contributed by atoms with Gasteiger partial charge in [0.1, 0.15) is 5.82 Å². The van der Waals surface area contributed by atoms with Crippen molar-refractivity contribution in [2.24, 2.45) is 5.92 Å². The number of hydrogen-bond acceptors (Lipinski definition) is 2. The summed E-state index contributed by atoms with van der Waals surface area (Å²) in [5.74, 6) is 0.377. The molecule has 1 fully saturated rings. The smallest absolute Gasteiger partial charge is 0.137 e. The molecule has 1 heterocycles. The van der Waals surface area contributed by atoms with Crippen LogP contribution < -0.4 is 5.32 Å². The summed E-state index contributed by atoms with van der Waals surface area (Å²) in [6, 6.07) is 5.81. The van der Waals surface area contributed by atoms with Gasteiger partial charge in [0, 0.05) is 32.2 Å². The molecular formula is C15H24BrCl2FN2. The number of nitrogens with zero attached hydrogens (tertiary/aromatic N) is 1. The van der Waals surface area contributed by atoms with Crippen LogP contribution in [0.3, 0.4) is 0 Å². The fourth-order valence-corrected chi connectivity index (χ4v) is 3.18. The van der Waals surface area contributed by atoms with Crippen LogP contribution in [0.25, 0.3) is 0 Å². The average Bonchev–Trinajstić information content (AvgIpc) is 2.44. The number of benzene rings is 1. The molecule has 2 rings (SSSR count). The summed E-state index contributed by atoms with van der Waals surface area (Å²) >= 11 is 3.30. The van der Waals surface area contributed by atoms with Crippen molar-refractivity contribution in [2.75, 3.05) is 26.2 Å². The van der Waals surface area contributed by atoms with Crippen molar-refractivity contribution < 1.29 is 4.39 Å². The lowest BCUT2D eigenvalue weighted by Crippen LogP contribution is -2.46. The molecule has 0 aromatic heterocycles. The van der Waals surface area contributed by atoms with Gasteiger partial charge in [-0.3, -0.25) is 4.90 Å². The zero-order chi connectivity index (χ0) is 13.8. The van der Waals surface area contributed by atoms with Crippen LogP contribution >= 0.6 is 40.7 Å². The van der Waals surface area contributed by atoms with E-state index in [0.717, 1.165) is 32.6 Å². The minimum atomic E-state index is -0.188. The van der Waals surface area contributed by atoms with Gasteiger partial charge < -0.3 is 5.32 Å². The number of piperazine rings is 1. The summed E-state index contributed by atoms with van der Waals surface area (Å²) in [6.45, 7) is 8.70. The Kier molecular flexibility index (Phi) is 10.1. The third kappa shape index (κ3) is 5.36. The maximum Gasteiger partial charge on any atom is 0.137 e. The Morgan fingerprint density at radius 2 is 1.90 bits per heavy atom. The molecule has 0 amide bonds.